The molecule has 4 heteroatoms. The van der Waals surface area contributed by atoms with Crippen molar-refractivity contribution in [1.82, 2.24) is 19.3 Å². The summed E-state index contributed by atoms with van der Waals surface area (Å²) in [7, 11) is 3.92. The van der Waals surface area contributed by atoms with E-state index in [1.54, 1.807) is 4.68 Å². The van der Waals surface area contributed by atoms with E-state index in [1.807, 2.05) is 43.3 Å². The molecule has 4 nitrogen and oxygen atoms in total. The quantitative estimate of drug-likeness (QED) is 0.618. The largest absolute Gasteiger partial charge is 0.334 e. The molecule has 0 aliphatic heterocycles. The van der Waals surface area contributed by atoms with E-state index in [0.717, 1.165) is 22.3 Å². The number of para-hydroxylation sites is 1. The van der Waals surface area contributed by atoms with Crippen molar-refractivity contribution >= 4 is 11.0 Å². The minimum absolute atomic E-state index is 0.965. The van der Waals surface area contributed by atoms with Crippen LogP contribution in [-0.2, 0) is 14.1 Å². The first-order valence-electron chi connectivity index (χ1n) is 5.16. The lowest BCUT2D eigenvalue weighted by atomic mass is 10.1. The van der Waals surface area contributed by atoms with Crippen LogP contribution in [0.5, 0.6) is 0 Å². The molecule has 0 fully saturated rings. The Hall–Kier alpha value is -2.10. The average molecular weight is 212 g/mol. The van der Waals surface area contributed by atoms with Gasteiger partial charge in [0.1, 0.15) is 0 Å². The van der Waals surface area contributed by atoms with Crippen LogP contribution >= 0.6 is 0 Å². The second-order valence-corrected chi connectivity index (χ2v) is 3.90. The van der Waals surface area contributed by atoms with Gasteiger partial charge in [-0.05, 0) is 12.1 Å². The molecule has 0 radical (unpaired) electrons. The van der Waals surface area contributed by atoms with E-state index in [9.17, 15) is 0 Å². The summed E-state index contributed by atoms with van der Waals surface area (Å²) in [6.45, 7) is 0. The minimum Gasteiger partial charge on any atom is -0.334 e. The molecule has 0 amide bonds. The molecule has 0 saturated heterocycles. The van der Waals surface area contributed by atoms with Crippen molar-refractivity contribution in [3.63, 3.8) is 0 Å². The Morgan fingerprint density at radius 2 is 2.00 bits per heavy atom. The molecule has 2 heterocycles. The van der Waals surface area contributed by atoms with Gasteiger partial charge in [0.05, 0.1) is 23.1 Å². The number of imidazole rings is 1. The highest BCUT2D eigenvalue weighted by Crippen LogP contribution is 2.25. The molecular formula is C12H12N4. The maximum Gasteiger partial charge on any atom is 0.0979 e. The fourth-order valence-corrected chi connectivity index (χ4v) is 1.92. The Bertz CT molecular complexity index is 648. The van der Waals surface area contributed by atoms with Crippen LogP contribution in [0.15, 0.2) is 36.8 Å². The molecule has 2 aromatic heterocycles. The lowest BCUT2D eigenvalue weighted by molar-refractivity contribution is 0.771. The third-order valence-corrected chi connectivity index (χ3v) is 2.74. The molecule has 3 rings (SSSR count). The number of benzene rings is 1. The van der Waals surface area contributed by atoms with E-state index in [4.69, 9.17) is 0 Å². The normalized spacial score (nSPS) is 11.1. The second-order valence-electron chi connectivity index (χ2n) is 3.90. The molecule has 0 N–H and O–H groups in total. The lowest BCUT2D eigenvalue weighted by Crippen LogP contribution is -1.89. The highest BCUT2D eigenvalue weighted by molar-refractivity contribution is 5.90. The molecule has 0 saturated carbocycles. The molecular weight excluding hydrogens is 200 g/mol. The molecule has 0 unspecified atom stereocenters. The third kappa shape index (κ3) is 1.23. The number of hydrogen-bond donors (Lipinski definition) is 0. The van der Waals surface area contributed by atoms with Crippen molar-refractivity contribution in [2.75, 3.05) is 0 Å². The molecule has 3 aromatic rings. The summed E-state index contributed by atoms with van der Waals surface area (Å²) in [5, 5.41) is 4.41. The Balaban J connectivity index is 2.31. The molecule has 16 heavy (non-hydrogen) atoms. The van der Waals surface area contributed by atoms with Crippen LogP contribution in [0, 0.1) is 0 Å². The van der Waals surface area contributed by atoms with Gasteiger partial charge in [-0.2, -0.15) is 5.10 Å². The summed E-state index contributed by atoms with van der Waals surface area (Å²) in [6.07, 6.45) is 3.77. The molecule has 0 atom stereocenters. The number of aromatic nitrogens is 4. The van der Waals surface area contributed by atoms with E-state index in [2.05, 4.69) is 22.2 Å². The van der Waals surface area contributed by atoms with Crippen molar-refractivity contribution < 1.29 is 0 Å². The van der Waals surface area contributed by atoms with Crippen molar-refractivity contribution in [2.45, 2.75) is 0 Å². The van der Waals surface area contributed by atoms with Gasteiger partial charge in [0.2, 0.25) is 0 Å². The molecule has 0 spiro atoms. The Morgan fingerprint density at radius 1 is 1.12 bits per heavy atom. The van der Waals surface area contributed by atoms with Crippen LogP contribution in [-0.4, -0.2) is 19.3 Å². The van der Waals surface area contributed by atoms with E-state index in [1.165, 1.54) is 0 Å². The highest BCUT2D eigenvalue weighted by atomic mass is 15.2. The number of hydrogen-bond acceptors (Lipinski definition) is 2. The summed E-state index contributed by atoms with van der Waals surface area (Å²) >= 11 is 0. The average Bonchev–Trinajstić information content (AvgIpc) is 2.86. The molecule has 1 aromatic carbocycles. The summed E-state index contributed by atoms with van der Waals surface area (Å²) in [4.78, 5) is 4.42. The Labute approximate surface area is 93.1 Å². The Kier molecular flexibility index (Phi) is 1.83. The molecule has 80 valence electrons. The lowest BCUT2D eigenvalue weighted by Gasteiger charge is -1.99. The molecule has 0 aliphatic rings. The van der Waals surface area contributed by atoms with Gasteiger partial charge in [-0.1, -0.05) is 12.1 Å². The van der Waals surface area contributed by atoms with Gasteiger partial charge < -0.3 is 4.57 Å². The van der Waals surface area contributed by atoms with Gasteiger partial charge in [-0.15, -0.1) is 0 Å². The second kappa shape index (κ2) is 3.20. The zero-order chi connectivity index (χ0) is 11.1. The van der Waals surface area contributed by atoms with Crippen LogP contribution in [0.4, 0.5) is 0 Å². The summed E-state index contributed by atoms with van der Waals surface area (Å²) < 4.78 is 3.82. The summed E-state index contributed by atoms with van der Waals surface area (Å²) in [5.41, 5.74) is 4.18. The summed E-state index contributed by atoms with van der Waals surface area (Å²) in [6, 6.07) is 8.16. The van der Waals surface area contributed by atoms with Crippen LogP contribution in [0.25, 0.3) is 22.3 Å². The van der Waals surface area contributed by atoms with Crippen LogP contribution in [0.3, 0.4) is 0 Å². The number of aryl methyl sites for hydroxylation is 2. The highest BCUT2D eigenvalue weighted by Gasteiger charge is 2.08. The maximum absolute atomic E-state index is 4.42. The fourth-order valence-electron chi connectivity index (χ4n) is 1.92. The Morgan fingerprint density at radius 3 is 2.75 bits per heavy atom. The van der Waals surface area contributed by atoms with Crippen molar-refractivity contribution in [2.24, 2.45) is 14.1 Å². The smallest absolute Gasteiger partial charge is 0.0979 e. The fraction of sp³-hybridized carbons (Fsp3) is 0.167. The first kappa shape index (κ1) is 9.15. The summed E-state index contributed by atoms with van der Waals surface area (Å²) in [5.74, 6) is 0. The minimum atomic E-state index is 0.965. The van der Waals surface area contributed by atoms with Gasteiger partial charge in [0.25, 0.3) is 0 Å². The predicted molar refractivity (Wildman–Crippen MR) is 62.9 cm³/mol. The topological polar surface area (TPSA) is 35.6 Å². The van der Waals surface area contributed by atoms with E-state index >= 15 is 0 Å². The van der Waals surface area contributed by atoms with Gasteiger partial charge in [0, 0.05) is 25.9 Å². The van der Waals surface area contributed by atoms with Gasteiger partial charge in [0.15, 0.2) is 0 Å². The van der Waals surface area contributed by atoms with E-state index in [0.29, 0.717) is 0 Å². The van der Waals surface area contributed by atoms with Crippen LogP contribution in [0.1, 0.15) is 0 Å². The number of rotatable bonds is 1. The first-order valence-corrected chi connectivity index (χ1v) is 5.16. The van der Waals surface area contributed by atoms with E-state index < -0.39 is 0 Å². The van der Waals surface area contributed by atoms with Crippen LogP contribution < -0.4 is 0 Å². The number of fused-ring (bicyclic) bond motifs is 1. The zero-order valence-electron chi connectivity index (χ0n) is 9.25. The maximum atomic E-state index is 4.42. The zero-order valence-corrected chi connectivity index (χ0v) is 9.25. The third-order valence-electron chi connectivity index (χ3n) is 2.74. The van der Waals surface area contributed by atoms with Gasteiger partial charge in [-0.3, -0.25) is 4.68 Å². The standard InChI is InChI=1S/C12H12N4/c1-15-8-13-12-9(4-3-5-11(12)15)10-6-7-16(2)14-10/h3-8H,1-2H3. The van der Waals surface area contributed by atoms with Crippen molar-refractivity contribution in [3.8, 4) is 11.3 Å². The molecule has 0 aliphatic carbocycles. The van der Waals surface area contributed by atoms with Crippen LogP contribution in [0.2, 0.25) is 0 Å². The monoisotopic (exact) mass is 212 g/mol. The predicted octanol–water partition coefficient (Wildman–Crippen LogP) is 1.97. The van der Waals surface area contributed by atoms with Gasteiger partial charge >= 0.3 is 0 Å². The van der Waals surface area contributed by atoms with Crippen molar-refractivity contribution in [1.29, 1.82) is 0 Å². The van der Waals surface area contributed by atoms with Gasteiger partial charge in [-0.25, -0.2) is 4.98 Å². The number of nitrogens with zero attached hydrogens (tertiary/aromatic N) is 4. The SMILES string of the molecule is Cn1ccc(-c2cccc3c2ncn3C)n1. The van der Waals surface area contributed by atoms with Crippen molar-refractivity contribution in [3.05, 3.63) is 36.8 Å². The first-order chi connectivity index (χ1) is 7.75. The molecule has 0 bridgehead atoms. The van der Waals surface area contributed by atoms with E-state index in [-0.39, 0.29) is 0 Å².